The molecule has 0 bridgehead atoms. The molecule has 20 heavy (non-hydrogen) atoms. The molecule has 0 aliphatic carbocycles. The van der Waals surface area contributed by atoms with Crippen LogP contribution in [0, 0.1) is 6.92 Å². The Kier molecular flexibility index (Phi) is 3.60. The van der Waals surface area contributed by atoms with Gasteiger partial charge in [-0.05, 0) is 13.8 Å². The van der Waals surface area contributed by atoms with Gasteiger partial charge in [0.2, 0.25) is 5.89 Å². The predicted octanol–water partition coefficient (Wildman–Crippen LogP) is 1.05. The van der Waals surface area contributed by atoms with Crippen LogP contribution >= 0.6 is 0 Å². The van der Waals surface area contributed by atoms with Crippen molar-refractivity contribution in [3.63, 3.8) is 0 Å². The maximum Gasteiger partial charge on any atom is 0.243 e. The van der Waals surface area contributed by atoms with Crippen molar-refractivity contribution in [2.24, 2.45) is 0 Å². The van der Waals surface area contributed by atoms with Gasteiger partial charge in [0.1, 0.15) is 5.82 Å². The number of nitrogens with zero attached hydrogens (tertiary/aromatic N) is 6. The molecule has 3 rings (SSSR count). The zero-order valence-corrected chi connectivity index (χ0v) is 11.7. The molecule has 1 saturated heterocycles. The van der Waals surface area contributed by atoms with E-state index in [-0.39, 0.29) is 6.04 Å². The van der Waals surface area contributed by atoms with Crippen molar-refractivity contribution in [2.75, 3.05) is 31.1 Å². The molecule has 0 amide bonds. The summed E-state index contributed by atoms with van der Waals surface area (Å²) in [6, 6.07) is 0.153. The van der Waals surface area contributed by atoms with E-state index in [1.54, 1.807) is 18.6 Å². The van der Waals surface area contributed by atoms with E-state index in [4.69, 9.17) is 4.52 Å². The highest BCUT2D eigenvalue weighted by molar-refractivity contribution is 5.35. The summed E-state index contributed by atoms with van der Waals surface area (Å²) in [4.78, 5) is 17.4. The minimum atomic E-state index is 0.153. The summed E-state index contributed by atoms with van der Waals surface area (Å²) in [5, 5.41) is 3.85. The second kappa shape index (κ2) is 5.54. The standard InChI is InChI=1S/C13H18N6O/c1-10(13-16-11(2)17-20-13)18-5-7-19(8-6-18)12-9-14-3-4-15-12/h3-4,9-10H,5-8H2,1-2H3/t10-/m1/s1. The van der Waals surface area contributed by atoms with Crippen LogP contribution in [-0.4, -0.2) is 51.2 Å². The van der Waals surface area contributed by atoms with Crippen LogP contribution < -0.4 is 4.90 Å². The number of rotatable bonds is 3. The van der Waals surface area contributed by atoms with Gasteiger partial charge in [-0.1, -0.05) is 5.16 Å². The third-order valence-electron chi connectivity index (χ3n) is 3.64. The van der Waals surface area contributed by atoms with Gasteiger partial charge in [0.05, 0.1) is 12.2 Å². The Morgan fingerprint density at radius 1 is 1.20 bits per heavy atom. The minimum absolute atomic E-state index is 0.153. The van der Waals surface area contributed by atoms with E-state index in [9.17, 15) is 0 Å². The van der Waals surface area contributed by atoms with Crippen LogP contribution in [0.2, 0.25) is 0 Å². The maximum absolute atomic E-state index is 5.25. The van der Waals surface area contributed by atoms with Gasteiger partial charge in [-0.25, -0.2) is 4.98 Å². The molecule has 1 aliphatic heterocycles. The zero-order chi connectivity index (χ0) is 13.9. The molecular formula is C13H18N6O. The SMILES string of the molecule is Cc1noc([C@@H](C)N2CCN(c3cnccn3)CC2)n1. The Bertz CT molecular complexity index is 549. The van der Waals surface area contributed by atoms with Crippen LogP contribution in [0.15, 0.2) is 23.1 Å². The summed E-state index contributed by atoms with van der Waals surface area (Å²) in [5.74, 6) is 2.31. The number of aromatic nitrogens is 4. The van der Waals surface area contributed by atoms with Gasteiger partial charge in [-0.15, -0.1) is 0 Å². The fourth-order valence-electron chi connectivity index (χ4n) is 2.43. The molecule has 1 atom stereocenters. The highest BCUT2D eigenvalue weighted by atomic mass is 16.5. The van der Waals surface area contributed by atoms with Crippen LogP contribution in [0.4, 0.5) is 5.82 Å². The summed E-state index contributed by atoms with van der Waals surface area (Å²) >= 11 is 0. The average molecular weight is 274 g/mol. The molecule has 0 aromatic carbocycles. The lowest BCUT2D eigenvalue weighted by Gasteiger charge is -2.37. The Morgan fingerprint density at radius 3 is 2.60 bits per heavy atom. The van der Waals surface area contributed by atoms with Crippen LogP contribution in [-0.2, 0) is 0 Å². The van der Waals surface area contributed by atoms with Gasteiger partial charge >= 0.3 is 0 Å². The molecule has 0 radical (unpaired) electrons. The number of hydrogen-bond donors (Lipinski definition) is 0. The Morgan fingerprint density at radius 2 is 2.00 bits per heavy atom. The van der Waals surface area contributed by atoms with Crippen molar-refractivity contribution in [1.82, 2.24) is 25.0 Å². The van der Waals surface area contributed by atoms with Gasteiger partial charge in [-0.2, -0.15) is 4.98 Å². The van der Waals surface area contributed by atoms with Crippen LogP contribution in [0.25, 0.3) is 0 Å². The highest BCUT2D eigenvalue weighted by Crippen LogP contribution is 2.21. The van der Waals surface area contributed by atoms with Crippen molar-refractivity contribution in [3.8, 4) is 0 Å². The molecule has 106 valence electrons. The first-order valence-electron chi connectivity index (χ1n) is 6.79. The normalized spacial score (nSPS) is 18.2. The number of hydrogen-bond acceptors (Lipinski definition) is 7. The second-order valence-corrected chi connectivity index (χ2v) is 4.94. The van der Waals surface area contributed by atoms with Gasteiger partial charge in [0.25, 0.3) is 0 Å². The molecule has 7 nitrogen and oxygen atoms in total. The lowest BCUT2D eigenvalue weighted by molar-refractivity contribution is 0.164. The number of aryl methyl sites for hydroxylation is 1. The second-order valence-electron chi connectivity index (χ2n) is 4.94. The summed E-state index contributed by atoms with van der Waals surface area (Å²) in [6.07, 6.45) is 5.23. The fourth-order valence-corrected chi connectivity index (χ4v) is 2.43. The van der Waals surface area contributed by atoms with E-state index in [1.165, 1.54) is 0 Å². The first kappa shape index (κ1) is 13.0. The topological polar surface area (TPSA) is 71.2 Å². The van der Waals surface area contributed by atoms with Gasteiger partial charge < -0.3 is 9.42 Å². The molecule has 7 heteroatoms. The third-order valence-corrected chi connectivity index (χ3v) is 3.64. The van der Waals surface area contributed by atoms with Crippen LogP contribution in [0.5, 0.6) is 0 Å². The minimum Gasteiger partial charge on any atom is -0.353 e. The molecule has 3 heterocycles. The van der Waals surface area contributed by atoms with E-state index in [0.29, 0.717) is 11.7 Å². The Labute approximate surface area is 117 Å². The van der Waals surface area contributed by atoms with Gasteiger partial charge in [0, 0.05) is 38.6 Å². The number of anilines is 1. The molecule has 1 aliphatic rings. The van der Waals surface area contributed by atoms with Crippen LogP contribution in [0.3, 0.4) is 0 Å². The summed E-state index contributed by atoms with van der Waals surface area (Å²) in [6.45, 7) is 7.68. The lowest BCUT2D eigenvalue weighted by atomic mass is 10.2. The Hall–Kier alpha value is -2.02. The van der Waals surface area contributed by atoms with E-state index >= 15 is 0 Å². The summed E-state index contributed by atoms with van der Waals surface area (Å²) < 4.78 is 5.25. The molecule has 1 fully saturated rings. The quantitative estimate of drug-likeness (QED) is 0.828. The van der Waals surface area contributed by atoms with Crippen molar-refractivity contribution in [2.45, 2.75) is 19.9 Å². The Balaban J connectivity index is 1.61. The van der Waals surface area contributed by atoms with Crippen LogP contribution in [0.1, 0.15) is 24.7 Å². The number of piperazine rings is 1. The van der Waals surface area contributed by atoms with E-state index < -0.39 is 0 Å². The smallest absolute Gasteiger partial charge is 0.243 e. The average Bonchev–Trinajstić information content (AvgIpc) is 2.94. The molecule has 0 spiro atoms. The van der Waals surface area contributed by atoms with Crippen molar-refractivity contribution in [3.05, 3.63) is 30.3 Å². The van der Waals surface area contributed by atoms with Crippen molar-refractivity contribution in [1.29, 1.82) is 0 Å². The monoisotopic (exact) mass is 274 g/mol. The van der Waals surface area contributed by atoms with Gasteiger partial charge in [-0.3, -0.25) is 9.88 Å². The molecule has 0 unspecified atom stereocenters. The summed E-state index contributed by atoms with van der Waals surface area (Å²) in [5.41, 5.74) is 0. The molecule has 0 N–H and O–H groups in total. The lowest BCUT2D eigenvalue weighted by Crippen LogP contribution is -2.47. The first-order chi connectivity index (χ1) is 9.74. The maximum atomic E-state index is 5.25. The van der Waals surface area contributed by atoms with Gasteiger partial charge in [0.15, 0.2) is 5.82 Å². The summed E-state index contributed by atoms with van der Waals surface area (Å²) in [7, 11) is 0. The van der Waals surface area contributed by atoms with E-state index in [0.717, 1.165) is 32.0 Å². The predicted molar refractivity (Wildman–Crippen MR) is 73.3 cm³/mol. The highest BCUT2D eigenvalue weighted by Gasteiger charge is 2.25. The molecule has 0 saturated carbocycles. The van der Waals surface area contributed by atoms with Crippen molar-refractivity contribution < 1.29 is 4.52 Å². The first-order valence-corrected chi connectivity index (χ1v) is 6.79. The molecular weight excluding hydrogens is 256 g/mol. The van der Waals surface area contributed by atoms with E-state index in [2.05, 4.69) is 36.8 Å². The molecule has 2 aromatic heterocycles. The zero-order valence-electron chi connectivity index (χ0n) is 11.7. The fraction of sp³-hybridized carbons (Fsp3) is 0.538. The van der Waals surface area contributed by atoms with Crippen molar-refractivity contribution >= 4 is 5.82 Å². The third kappa shape index (κ3) is 2.62. The van der Waals surface area contributed by atoms with E-state index in [1.807, 2.05) is 6.92 Å². The molecule has 2 aromatic rings. The largest absolute Gasteiger partial charge is 0.353 e.